The molecule has 0 unspecified atom stereocenters. The van der Waals surface area contributed by atoms with Gasteiger partial charge in [-0.1, -0.05) is 18.2 Å². The molecule has 0 aliphatic carbocycles. The second kappa shape index (κ2) is 5.69. The number of rotatable bonds is 5. The van der Waals surface area contributed by atoms with Crippen LogP contribution in [0.3, 0.4) is 0 Å². The van der Waals surface area contributed by atoms with Crippen LogP contribution in [0.25, 0.3) is 0 Å². The standard InChI is InChI=1S/C14H19N3O/c1-11-5-4-6-12(9-15-2)14(11)18-10-13-16-7-8-17(13)3/h4-8,15H,9-10H2,1-3H3. The lowest BCUT2D eigenvalue weighted by Gasteiger charge is -2.13. The van der Waals surface area contributed by atoms with E-state index in [1.165, 1.54) is 5.56 Å². The number of para-hydroxylation sites is 1. The summed E-state index contributed by atoms with van der Waals surface area (Å²) in [4.78, 5) is 4.26. The molecule has 1 heterocycles. The first-order valence-electron chi connectivity index (χ1n) is 6.04. The molecule has 0 saturated heterocycles. The Balaban J connectivity index is 2.15. The van der Waals surface area contributed by atoms with E-state index in [0.29, 0.717) is 6.61 Å². The Labute approximate surface area is 108 Å². The Morgan fingerprint density at radius 3 is 2.89 bits per heavy atom. The number of imidazole rings is 1. The highest BCUT2D eigenvalue weighted by atomic mass is 16.5. The molecule has 0 aliphatic heterocycles. The van der Waals surface area contributed by atoms with Crippen LogP contribution < -0.4 is 10.1 Å². The highest BCUT2D eigenvalue weighted by molar-refractivity contribution is 5.40. The monoisotopic (exact) mass is 245 g/mol. The van der Waals surface area contributed by atoms with E-state index in [-0.39, 0.29) is 0 Å². The van der Waals surface area contributed by atoms with Gasteiger partial charge in [0, 0.05) is 31.5 Å². The molecule has 0 spiro atoms. The van der Waals surface area contributed by atoms with Crippen LogP contribution in [0.2, 0.25) is 0 Å². The van der Waals surface area contributed by atoms with Crippen molar-refractivity contribution in [2.45, 2.75) is 20.1 Å². The van der Waals surface area contributed by atoms with E-state index < -0.39 is 0 Å². The summed E-state index contributed by atoms with van der Waals surface area (Å²) in [7, 11) is 3.91. The van der Waals surface area contributed by atoms with E-state index in [0.717, 1.165) is 23.7 Å². The van der Waals surface area contributed by atoms with E-state index in [4.69, 9.17) is 4.74 Å². The lowest BCUT2D eigenvalue weighted by Crippen LogP contribution is -2.09. The molecule has 4 heteroatoms. The second-order valence-electron chi connectivity index (χ2n) is 4.34. The Bertz CT molecular complexity index is 520. The minimum absolute atomic E-state index is 0.491. The van der Waals surface area contributed by atoms with E-state index in [1.54, 1.807) is 6.20 Å². The quantitative estimate of drug-likeness (QED) is 0.876. The fourth-order valence-electron chi connectivity index (χ4n) is 1.92. The number of hydrogen-bond acceptors (Lipinski definition) is 3. The number of benzene rings is 1. The van der Waals surface area contributed by atoms with Crippen LogP contribution in [0.4, 0.5) is 0 Å². The second-order valence-corrected chi connectivity index (χ2v) is 4.34. The van der Waals surface area contributed by atoms with Crippen molar-refractivity contribution < 1.29 is 4.74 Å². The molecule has 0 saturated carbocycles. The minimum Gasteiger partial charge on any atom is -0.485 e. The van der Waals surface area contributed by atoms with Gasteiger partial charge < -0.3 is 14.6 Å². The van der Waals surface area contributed by atoms with Crippen molar-refractivity contribution in [2.24, 2.45) is 7.05 Å². The zero-order chi connectivity index (χ0) is 13.0. The van der Waals surface area contributed by atoms with Crippen LogP contribution in [-0.2, 0) is 20.2 Å². The molecule has 0 fully saturated rings. The van der Waals surface area contributed by atoms with Gasteiger partial charge in [-0.2, -0.15) is 0 Å². The Hall–Kier alpha value is -1.81. The van der Waals surface area contributed by atoms with Crippen LogP contribution in [-0.4, -0.2) is 16.6 Å². The van der Waals surface area contributed by atoms with Crippen LogP contribution >= 0.6 is 0 Å². The Morgan fingerprint density at radius 2 is 2.22 bits per heavy atom. The van der Waals surface area contributed by atoms with Gasteiger partial charge in [-0.3, -0.25) is 0 Å². The van der Waals surface area contributed by atoms with Crippen molar-refractivity contribution in [2.75, 3.05) is 7.05 Å². The highest BCUT2D eigenvalue weighted by Crippen LogP contribution is 2.24. The highest BCUT2D eigenvalue weighted by Gasteiger charge is 2.08. The molecule has 0 aliphatic rings. The smallest absolute Gasteiger partial charge is 0.146 e. The molecule has 1 N–H and O–H groups in total. The van der Waals surface area contributed by atoms with Gasteiger partial charge in [0.25, 0.3) is 0 Å². The van der Waals surface area contributed by atoms with Gasteiger partial charge in [0.2, 0.25) is 0 Å². The molecule has 0 bridgehead atoms. The Kier molecular flexibility index (Phi) is 3.99. The number of nitrogens with one attached hydrogen (secondary N) is 1. The van der Waals surface area contributed by atoms with Crippen molar-refractivity contribution in [1.29, 1.82) is 0 Å². The first-order chi connectivity index (χ1) is 8.72. The summed E-state index contributed by atoms with van der Waals surface area (Å²) in [6, 6.07) is 6.19. The third kappa shape index (κ3) is 2.71. The molecule has 96 valence electrons. The summed E-state index contributed by atoms with van der Waals surface area (Å²) in [5.41, 5.74) is 2.32. The van der Waals surface area contributed by atoms with E-state index >= 15 is 0 Å². The summed E-state index contributed by atoms with van der Waals surface area (Å²) < 4.78 is 7.89. The van der Waals surface area contributed by atoms with Crippen molar-refractivity contribution >= 4 is 0 Å². The predicted molar refractivity (Wildman–Crippen MR) is 71.5 cm³/mol. The SMILES string of the molecule is CNCc1cccc(C)c1OCc1nccn1C. The van der Waals surface area contributed by atoms with Crippen LogP contribution in [0.5, 0.6) is 5.75 Å². The van der Waals surface area contributed by atoms with Crippen LogP contribution in [0.15, 0.2) is 30.6 Å². The van der Waals surface area contributed by atoms with Gasteiger partial charge in [0.1, 0.15) is 18.2 Å². The first kappa shape index (κ1) is 12.6. The topological polar surface area (TPSA) is 39.1 Å². The average molecular weight is 245 g/mol. The maximum Gasteiger partial charge on any atom is 0.146 e. The number of ether oxygens (including phenoxy) is 1. The fourth-order valence-corrected chi connectivity index (χ4v) is 1.92. The molecule has 4 nitrogen and oxygen atoms in total. The number of nitrogens with zero attached hydrogens (tertiary/aromatic N) is 2. The number of aromatic nitrogens is 2. The normalized spacial score (nSPS) is 10.6. The van der Waals surface area contributed by atoms with Gasteiger partial charge in [-0.25, -0.2) is 4.98 Å². The summed E-state index contributed by atoms with van der Waals surface area (Å²) in [6.07, 6.45) is 3.70. The maximum absolute atomic E-state index is 5.92. The zero-order valence-electron chi connectivity index (χ0n) is 11.1. The number of aryl methyl sites for hydroxylation is 2. The lowest BCUT2D eigenvalue weighted by atomic mass is 10.1. The average Bonchev–Trinajstić information content (AvgIpc) is 2.75. The van der Waals surface area contributed by atoms with Gasteiger partial charge >= 0.3 is 0 Å². The van der Waals surface area contributed by atoms with Gasteiger partial charge in [-0.05, 0) is 19.5 Å². The van der Waals surface area contributed by atoms with Crippen LogP contribution in [0, 0.1) is 6.92 Å². The van der Waals surface area contributed by atoms with Crippen molar-refractivity contribution in [1.82, 2.24) is 14.9 Å². The van der Waals surface area contributed by atoms with Crippen LogP contribution in [0.1, 0.15) is 17.0 Å². The summed E-state index contributed by atoms with van der Waals surface area (Å²) in [5.74, 6) is 1.88. The molecule has 1 aromatic carbocycles. The third-order valence-corrected chi connectivity index (χ3v) is 2.93. The number of hydrogen-bond donors (Lipinski definition) is 1. The molecule has 1 aromatic heterocycles. The molecule has 0 atom stereocenters. The largest absolute Gasteiger partial charge is 0.485 e. The van der Waals surface area contributed by atoms with Gasteiger partial charge in [0.15, 0.2) is 0 Å². The molecule has 0 amide bonds. The summed E-state index contributed by atoms with van der Waals surface area (Å²) >= 11 is 0. The summed E-state index contributed by atoms with van der Waals surface area (Å²) in [5, 5.41) is 3.16. The Morgan fingerprint density at radius 1 is 1.39 bits per heavy atom. The van der Waals surface area contributed by atoms with Crippen molar-refractivity contribution in [3.8, 4) is 5.75 Å². The third-order valence-electron chi connectivity index (χ3n) is 2.93. The minimum atomic E-state index is 0.491. The summed E-state index contributed by atoms with van der Waals surface area (Å²) in [6.45, 7) is 3.36. The fraction of sp³-hybridized carbons (Fsp3) is 0.357. The van der Waals surface area contributed by atoms with E-state index in [9.17, 15) is 0 Å². The molecule has 2 rings (SSSR count). The van der Waals surface area contributed by atoms with Gasteiger partial charge in [0.05, 0.1) is 0 Å². The van der Waals surface area contributed by atoms with Gasteiger partial charge in [-0.15, -0.1) is 0 Å². The van der Waals surface area contributed by atoms with Crippen molar-refractivity contribution in [3.05, 3.63) is 47.5 Å². The van der Waals surface area contributed by atoms with Crippen molar-refractivity contribution in [3.63, 3.8) is 0 Å². The first-order valence-corrected chi connectivity index (χ1v) is 6.04. The molecule has 18 heavy (non-hydrogen) atoms. The maximum atomic E-state index is 5.92. The molecular weight excluding hydrogens is 226 g/mol. The molecule has 2 aromatic rings. The lowest BCUT2D eigenvalue weighted by molar-refractivity contribution is 0.286. The van der Waals surface area contributed by atoms with E-state index in [1.807, 2.05) is 24.9 Å². The predicted octanol–water partition coefficient (Wildman–Crippen LogP) is 2.03. The van der Waals surface area contributed by atoms with E-state index in [2.05, 4.69) is 35.4 Å². The molecule has 0 radical (unpaired) electrons. The zero-order valence-corrected chi connectivity index (χ0v) is 11.1. The molecular formula is C14H19N3O.